The van der Waals surface area contributed by atoms with Crippen molar-refractivity contribution in [2.24, 2.45) is 0 Å². The van der Waals surface area contributed by atoms with Crippen LogP contribution in [0.1, 0.15) is 51.4 Å². The zero-order chi connectivity index (χ0) is 11.4. The highest BCUT2D eigenvalue weighted by Crippen LogP contribution is 2.13. The summed E-state index contributed by atoms with van der Waals surface area (Å²) < 4.78 is 5.46. The maximum absolute atomic E-state index is 5.46. The topological polar surface area (TPSA) is 9.23 Å². The quantitative estimate of drug-likeness (QED) is 0.360. The standard InChI is InChI=1S/C14H26O/c1-4-6-8-10-12-14(15-3)13-11-9-7-5-2/h4-5,14H,1-2,6-13H2,3H3. The minimum atomic E-state index is 0.458. The molecule has 1 nitrogen and oxygen atoms in total. The summed E-state index contributed by atoms with van der Waals surface area (Å²) in [4.78, 5) is 0. The second-order valence-corrected chi connectivity index (χ2v) is 4.00. The zero-order valence-corrected chi connectivity index (χ0v) is 10.2. The Morgan fingerprint density at radius 1 is 0.933 bits per heavy atom. The predicted molar refractivity (Wildman–Crippen MR) is 68.1 cm³/mol. The molecule has 0 heterocycles. The first-order valence-electron chi connectivity index (χ1n) is 6.09. The molecule has 1 heteroatoms. The molecule has 0 radical (unpaired) electrons. The van der Waals surface area contributed by atoms with Crippen molar-refractivity contribution in [3.05, 3.63) is 25.3 Å². The highest BCUT2D eigenvalue weighted by atomic mass is 16.5. The van der Waals surface area contributed by atoms with Crippen molar-refractivity contribution in [2.45, 2.75) is 57.5 Å². The van der Waals surface area contributed by atoms with Crippen LogP contribution in [0.25, 0.3) is 0 Å². The van der Waals surface area contributed by atoms with Gasteiger partial charge in [0.2, 0.25) is 0 Å². The molecule has 0 aromatic rings. The lowest BCUT2D eigenvalue weighted by Crippen LogP contribution is -2.10. The summed E-state index contributed by atoms with van der Waals surface area (Å²) in [6.45, 7) is 7.45. The molecule has 0 spiro atoms. The number of hydrogen-bond acceptors (Lipinski definition) is 1. The van der Waals surface area contributed by atoms with Gasteiger partial charge in [0.25, 0.3) is 0 Å². The summed E-state index contributed by atoms with van der Waals surface area (Å²) in [6.07, 6.45) is 14.1. The van der Waals surface area contributed by atoms with Crippen LogP contribution in [0, 0.1) is 0 Å². The Kier molecular flexibility index (Phi) is 11.1. The third-order valence-electron chi connectivity index (χ3n) is 2.70. The average Bonchev–Trinajstić information content (AvgIpc) is 2.27. The molecule has 0 aliphatic carbocycles. The van der Waals surface area contributed by atoms with Crippen LogP contribution in [0.3, 0.4) is 0 Å². The summed E-state index contributed by atoms with van der Waals surface area (Å²) >= 11 is 0. The summed E-state index contributed by atoms with van der Waals surface area (Å²) in [5, 5.41) is 0. The minimum absolute atomic E-state index is 0.458. The summed E-state index contributed by atoms with van der Waals surface area (Å²) in [5.41, 5.74) is 0. The highest BCUT2D eigenvalue weighted by molar-refractivity contribution is 4.68. The Morgan fingerprint density at radius 2 is 1.40 bits per heavy atom. The van der Waals surface area contributed by atoms with Crippen molar-refractivity contribution in [3.63, 3.8) is 0 Å². The number of allylic oxidation sites excluding steroid dienone is 2. The predicted octanol–water partition coefficient (Wildman–Crippen LogP) is 4.49. The van der Waals surface area contributed by atoms with Crippen LogP contribution in [-0.2, 0) is 4.74 Å². The molecule has 0 unspecified atom stereocenters. The maximum Gasteiger partial charge on any atom is 0.0571 e. The van der Waals surface area contributed by atoms with Crippen molar-refractivity contribution in [3.8, 4) is 0 Å². The smallest absolute Gasteiger partial charge is 0.0571 e. The number of ether oxygens (including phenoxy) is 1. The first-order chi connectivity index (χ1) is 7.35. The van der Waals surface area contributed by atoms with E-state index >= 15 is 0 Å². The number of methoxy groups -OCH3 is 1. The third kappa shape index (κ3) is 9.74. The minimum Gasteiger partial charge on any atom is -0.381 e. The Bertz CT molecular complexity index is 135. The van der Waals surface area contributed by atoms with E-state index in [2.05, 4.69) is 13.2 Å². The fourth-order valence-electron chi connectivity index (χ4n) is 1.70. The fourth-order valence-corrected chi connectivity index (χ4v) is 1.70. The van der Waals surface area contributed by atoms with E-state index in [1.54, 1.807) is 0 Å². The van der Waals surface area contributed by atoms with Crippen molar-refractivity contribution in [1.29, 1.82) is 0 Å². The lowest BCUT2D eigenvalue weighted by Gasteiger charge is -2.14. The van der Waals surface area contributed by atoms with Crippen LogP contribution in [0.5, 0.6) is 0 Å². The van der Waals surface area contributed by atoms with Crippen LogP contribution >= 0.6 is 0 Å². The molecule has 15 heavy (non-hydrogen) atoms. The van der Waals surface area contributed by atoms with E-state index in [1.807, 2.05) is 19.3 Å². The zero-order valence-electron chi connectivity index (χ0n) is 10.2. The largest absolute Gasteiger partial charge is 0.381 e. The number of rotatable bonds is 11. The molecule has 0 rings (SSSR count). The molecule has 88 valence electrons. The molecule has 0 fully saturated rings. The van der Waals surface area contributed by atoms with Gasteiger partial charge in [-0.15, -0.1) is 13.2 Å². The van der Waals surface area contributed by atoms with E-state index in [0.717, 1.165) is 12.8 Å². The summed E-state index contributed by atoms with van der Waals surface area (Å²) in [6, 6.07) is 0. The van der Waals surface area contributed by atoms with E-state index in [-0.39, 0.29) is 0 Å². The van der Waals surface area contributed by atoms with Crippen LogP contribution < -0.4 is 0 Å². The normalized spacial score (nSPS) is 10.5. The SMILES string of the molecule is C=CCCCCC(CCCCC=C)OC. The molecule has 0 saturated carbocycles. The van der Waals surface area contributed by atoms with Gasteiger partial charge < -0.3 is 4.74 Å². The average molecular weight is 210 g/mol. The van der Waals surface area contributed by atoms with Gasteiger partial charge in [0.15, 0.2) is 0 Å². The molecule has 0 aliphatic rings. The van der Waals surface area contributed by atoms with Crippen LogP contribution in [-0.4, -0.2) is 13.2 Å². The van der Waals surface area contributed by atoms with Gasteiger partial charge in [-0.3, -0.25) is 0 Å². The van der Waals surface area contributed by atoms with Gasteiger partial charge in [-0.2, -0.15) is 0 Å². The Morgan fingerprint density at radius 3 is 1.73 bits per heavy atom. The second kappa shape index (κ2) is 11.5. The van der Waals surface area contributed by atoms with E-state index in [0.29, 0.717) is 6.10 Å². The first-order valence-corrected chi connectivity index (χ1v) is 6.09. The van der Waals surface area contributed by atoms with E-state index < -0.39 is 0 Å². The van der Waals surface area contributed by atoms with Crippen molar-refractivity contribution < 1.29 is 4.74 Å². The molecular formula is C14H26O. The molecule has 0 aliphatic heterocycles. The molecule has 0 bridgehead atoms. The van der Waals surface area contributed by atoms with Gasteiger partial charge in [-0.05, 0) is 38.5 Å². The Labute approximate surface area is 95.2 Å². The lowest BCUT2D eigenvalue weighted by atomic mass is 10.0. The second-order valence-electron chi connectivity index (χ2n) is 4.00. The lowest BCUT2D eigenvalue weighted by molar-refractivity contribution is 0.0836. The van der Waals surface area contributed by atoms with Gasteiger partial charge in [0.1, 0.15) is 0 Å². The summed E-state index contributed by atoms with van der Waals surface area (Å²) in [7, 11) is 1.83. The number of hydrogen-bond donors (Lipinski definition) is 0. The van der Waals surface area contributed by atoms with E-state index in [1.165, 1.54) is 38.5 Å². The fraction of sp³-hybridized carbons (Fsp3) is 0.714. The van der Waals surface area contributed by atoms with Crippen molar-refractivity contribution >= 4 is 0 Å². The monoisotopic (exact) mass is 210 g/mol. The van der Waals surface area contributed by atoms with Crippen LogP contribution in [0.15, 0.2) is 25.3 Å². The number of unbranched alkanes of at least 4 members (excludes halogenated alkanes) is 4. The molecular weight excluding hydrogens is 184 g/mol. The molecule has 0 N–H and O–H groups in total. The van der Waals surface area contributed by atoms with Crippen LogP contribution in [0.4, 0.5) is 0 Å². The van der Waals surface area contributed by atoms with Gasteiger partial charge in [0, 0.05) is 7.11 Å². The Hall–Kier alpha value is -0.560. The maximum atomic E-state index is 5.46. The molecule has 0 aromatic carbocycles. The summed E-state index contributed by atoms with van der Waals surface area (Å²) in [5.74, 6) is 0. The molecule has 0 saturated heterocycles. The van der Waals surface area contributed by atoms with Gasteiger partial charge >= 0.3 is 0 Å². The van der Waals surface area contributed by atoms with Gasteiger partial charge in [0.05, 0.1) is 6.10 Å². The third-order valence-corrected chi connectivity index (χ3v) is 2.70. The molecule has 0 aromatic heterocycles. The first kappa shape index (κ1) is 14.4. The van der Waals surface area contributed by atoms with E-state index in [4.69, 9.17) is 4.74 Å². The van der Waals surface area contributed by atoms with Crippen LogP contribution in [0.2, 0.25) is 0 Å². The highest BCUT2D eigenvalue weighted by Gasteiger charge is 2.05. The molecule has 0 amide bonds. The van der Waals surface area contributed by atoms with E-state index in [9.17, 15) is 0 Å². The Balaban J connectivity index is 3.37. The van der Waals surface area contributed by atoms with Crippen molar-refractivity contribution in [2.75, 3.05) is 7.11 Å². The van der Waals surface area contributed by atoms with Crippen molar-refractivity contribution in [1.82, 2.24) is 0 Å². The van der Waals surface area contributed by atoms with Gasteiger partial charge in [-0.1, -0.05) is 25.0 Å². The molecule has 0 atom stereocenters. The van der Waals surface area contributed by atoms with Gasteiger partial charge in [-0.25, -0.2) is 0 Å².